The summed E-state index contributed by atoms with van der Waals surface area (Å²) in [6.45, 7) is 0. The van der Waals surface area contributed by atoms with Gasteiger partial charge in [-0.1, -0.05) is 0 Å². The number of aromatic amines is 1. The van der Waals surface area contributed by atoms with Crippen LogP contribution in [0.5, 0.6) is 5.75 Å². The lowest BCUT2D eigenvalue weighted by molar-refractivity contribution is -0.140. The first-order valence-electron chi connectivity index (χ1n) is 4.64. The van der Waals surface area contributed by atoms with Crippen LogP contribution in [0.4, 0.5) is 13.2 Å². The van der Waals surface area contributed by atoms with Gasteiger partial charge in [-0.3, -0.25) is 0 Å². The van der Waals surface area contributed by atoms with E-state index in [0.29, 0.717) is 5.75 Å². The maximum Gasteiger partial charge on any atom is 0.432 e. The zero-order valence-corrected chi connectivity index (χ0v) is 8.72. The van der Waals surface area contributed by atoms with Crippen molar-refractivity contribution in [1.82, 2.24) is 4.98 Å². The molecule has 2 aromatic rings. The number of benzene rings is 1. The summed E-state index contributed by atoms with van der Waals surface area (Å²) in [4.78, 5) is 2.20. The maximum atomic E-state index is 12.6. The van der Waals surface area contributed by atoms with Gasteiger partial charge >= 0.3 is 6.18 Å². The molecular weight excluding hydrogens is 233 g/mol. The van der Waals surface area contributed by atoms with Gasteiger partial charge in [0.15, 0.2) is 0 Å². The number of rotatable bonds is 1. The standard InChI is InChI=1S/C11H7F3N2O/c1-17-6-2-3-7-8(5-15)10(11(12,13)14)16-9(7)4-6/h2-4,16H,1H3. The number of hydrogen-bond acceptors (Lipinski definition) is 2. The summed E-state index contributed by atoms with van der Waals surface area (Å²) in [6.07, 6.45) is -4.57. The largest absolute Gasteiger partial charge is 0.497 e. The van der Waals surface area contributed by atoms with Crippen LogP contribution < -0.4 is 4.74 Å². The Morgan fingerprint density at radius 1 is 1.35 bits per heavy atom. The zero-order chi connectivity index (χ0) is 12.6. The first-order chi connectivity index (χ1) is 7.97. The van der Waals surface area contributed by atoms with Gasteiger partial charge in [0, 0.05) is 11.5 Å². The van der Waals surface area contributed by atoms with Gasteiger partial charge < -0.3 is 9.72 Å². The number of aromatic nitrogens is 1. The molecule has 88 valence electrons. The van der Waals surface area contributed by atoms with E-state index in [1.165, 1.54) is 25.3 Å². The molecule has 17 heavy (non-hydrogen) atoms. The Bertz CT molecular complexity index is 607. The van der Waals surface area contributed by atoms with Gasteiger partial charge in [-0.2, -0.15) is 18.4 Å². The van der Waals surface area contributed by atoms with E-state index in [1.807, 2.05) is 0 Å². The number of H-pyrrole nitrogens is 1. The number of ether oxygens (including phenoxy) is 1. The predicted molar refractivity (Wildman–Crippen MR) is 54.6 cm³/mol. The average Bonchev–Trinajstić information content (AvgIpc) is 2.65. The Morgan fingerprint density at radius 3 is 2.59 bits per heavy atom. The smallest absolute Gasteiger partial charge is 0.432 e. The number of alkyl halides is 3. The van der Waals surface area contributed by atoms with E-state index in [2.05, 4.69) is 4.98 Å². The molecule has 1 N–H and O–H groups in total. The van der Waals surface area contributed by atoms with Crippen LogP contribution in [0.3, 0.4) is 0 Å². The Kier molecular flexibility index (Phi) is 2.46. The Labute approximate surface area is 94.4 Å². The van der Waals surface area contributed by atoms with Crippen molar-refractivity contribution in [3.63, 3.8) is 0 Å². The third-order valence-electron chi connectivity index (χ3n) is 2.40. The lowest BCUT2D eigenvalue weighted by Crippen LogP contribution is -2.07. The van der Waals surface area contributed by atoms with Crippen LogP contribution >= 0.6 is 0 Å². The number of hydrogen-bond donors (Lipinski definition) is 1. The van der Waals surface area contributed by atoms with Crippen LogP contribution in [-0.4, -0.2) is 12.1 Å². The van der Waals surface area contributed by atoms with E-state index in [9.17, 15) is 13.2 Å². The average molecular weight is 240 g/mol. The predicted octanol–water partition coefficient (Wildman–Crippen LogP) is 3.07. The molecule has 0 fully saturated rings. The van der Waals surface area contributed by atoms with Crippen LogP contribution in [-0.2, 0) is 6.18 Å². The number of nitriles is 1. The Hall–Kier alpha value is -2.16. The van der Waals surface area contributed by atoms with Crippen molar-refractivity contribution in [3.05, 3.63) is 29.5 Å². The van der Waals surface area contributed by atoms with E-state index in [0.717, 1.165) is 0 Å². The molecule has 0 bridgehead atoms. The van der Waals surface area contributed by atoms with Crippen molar-refractivity contribution in [2.45, 2.75) is 6.18 Å². The quantitative estimate of drug-likeness (QED) is 0.832. The van der Waals surface area contributed by atoms with Crippen molar-refractivity contribution in [3.8, 4) is 11.8 Å². The molecule has 0 radical (unpaired) electrons. The minimum atomic E-state index is -4.57. The first-order valence-corrected chi connectivity index (χ1v) is 4.64. The summed E-state index contributed by atoms with van der Waals surface area (Å²) in [6, 6.07) is 5.93. The minimum absolute atomic E-state index is 0.230. The van der Waals surface area contributed by atoms with E-state index >= 15 is 0 Å². The fraction of sp³-hybridized carbons (Fsp3) is 0.182. The van der Waals surface area contributed by atoms with Gasteiger partial charge in [-0.15, -0.1) is 0 Å². The van der Waals surface area contributed by atoms with Crippen LogP contribution in [0.1, 0.15) is 11.3 Å². The van der Waals surface area contributed by atoms with Crippen LogP contribution in [0.2, 0.25) is 0 Å². The third-order valence-corrected chi connectivity index (χ3v) is 2.40. The summed E-state index contributed by atoms with van der Waals surface area (Å²) < 4.78 is 42.8. The van der Waals surface area contributed by atoms with Crippen molar-refractivity contribution in [2.75, 3.05) is 7.11 Å². The highest BCUT2D eigenvalue weighted by Crippen LogP contribution is 2.35. The third kappa shape index (κ3) is 1.80. The molecule has 0 unspecified atom stereocenters. The molecule has 0 saturated heterocycles. The topological polar surface area (TPSA) is 48.8 Å². The molecule has 0 atom stereocenters. The van der Waals surface area contributed by atoms with Crippen molar-refractivity contribution in [2.24, 2.45) is 0 Å². The molecule has 1 aromatic heterocycles. The van der Waals surface area contributed by atoms with Gasteiger partial charge in [-0.05, 0) is 12.1 Å². The number of halogens is 3. The molecule has 0 saturated carbocycles. The van der Waals surface area contributed by atoms with Gasteiger partial charge in [0.05, 0.1) is 18.2 Å². The summed E-state index contributed by atoms with van der Waals surface area (Å²) >= 11 is 0. The Balaban J connectivity index is 2.76. The number of nitrogens with one attached hydrogen (secondary N) is 1. The second-order valence-corrected chi connectivity index (χ2v) is 3.40. The highest BCUT2D eigenvalue weighted by Gasteiger charge is 2.36. The number of nitrogens with zero attached hydrogens (tertiary/aromatic N) is 1. The molecular formula is C11H7F3N2O. The highest BCUT2D eigenvalue weighted by molar-refractivity contribution is 5.88. The summed E-state index contributed by atoms with van der Waals surface area (Å²) in [5.41, 5.74) is -1.19. The molecule has 0 amide bonds. The molecule has 1 aromatic carbocycles. The molecule has 1 heterocycles. The molecule has 3 nitrogen and oxygen atoms in total. The van der Waals surface area contributed by atoms with Crippen LogP contribution in [0.25, 0.3) is 10.9 Å². The lowest BCUT2D eigenvalue weighted by atomic mass is 10.1. The van der Waals surface area contributed by atoms with Gasteiger partial charge in [-0.25, -0.2) is 0 Å². The van der Waals surface area contributed by atoms with Crippen molar-refractivity contribution < 1.29 is 17.9 Å². The molecule has 0 aliphatic heterocycles. The molecule has 0 aliphatic rings. The van der Waals surface area contributed by atoms with Gasteiger partial charge in [0.1, 0.15) is 17.5 Å². The second kappa shape index (κ2) is 3.70. The fourth-order valence-electron chi connectivity index (χ4n) is 1.63. The lowest BCUT2D eigenvalue weighted by Gasteiger charge is -2.02. The minimum Gasteiger partial charge on any atom is -0.497 e. The normalized spacial score (nSPS) is 11.5. The van der Waals surface area contributed by atoms with Gasteiger partial charge in [0.2, 0.25) is 0 Å². The van der Waals surface area contributed by atoms with E-state index in [-0.39, 0.29) is 10.9 Å². The molecule has 0 spiro atoms. The number of methoxy groups -OCH3 is 1. The molecule has 6 heteroatoms. The van der Waals surface area contributed by atoms with E-state index < -0.39 is 17.4 Å². The van der Waals surface area contributed by atoms with Crippen molar-refractivity contribution >= 4 is 10.9 Å². The Morgan fingerprint density at radius 2 is 2.06 bits per heavy atom. The van der Waals surface area contributed by atoms with Crippen LogP contribution in [0.15, 0.2) is 18.2 Å². The summed E-state index contributed by atoms with van der Waals surface area (Å²) in [5, 5.41) is 9.03. The highest BCUT2D eigenvalue weighted by atomic mass is 19.4. The van der Waals surface area contributed by atoms with E-state index in [4.69, 9.17) is 10.00 Å². The van der Waals surface area contributed by atoms with Crippen molar-refractivity contribution in [1.29, 1.82) is 5.26 Å². The molecule has 2 rings (SSSR count). The van der Waals surface area contributed by atoms with Gasteiger partial charge in [0.25, 0.3) is 0 Å². The zero-order valence-electron chi connectivity index (χ0n) is 8.72. The molecule has 0 aliphatic carbocycles. The maximum absolute atomic E-state index is 12.6. The monoisotopic (exact) mass is 240 g/mol. The first kappa shape index (κ1) is 11.3. The van der Waals surface area contributed by atoms with Crippen LogP contribution in [0, 0.1) is 11.3 Å². The SMILES string of the molecule is COc1ccc2c(C#N)c(C(F)(F)F)[nH]c2c1. The summed E-state index contributed by atoms with van der Waals surface area (Å²) in [5.74, 6) is 0.428. The number of fused-ring (bicyclic) bond motifs is 1. The summed E-state index contributed by atoms with van der Waals surface area (Å²) in [7, 11) is 1.42. The van der Waals surface area contributed by atoms with E-state index in [1.54, 1.807) is 6.07 Å². The second-order valence-electron chi connectivity index (χ2n) is 3.40. The fourth-order valence-corrected chi connectivity index (χ4v) is 1.63.